The number of aliphatic hydroxyl groups is 1. The van der Waals surface area contributed by atoms with E-state index in [-0.39, 0.29) is 12.8 Å². The van der Waals surface area contributed by atoms with Crippen molar-refractivity contribution < 1.29 is 39.3 Å². The summed E-state index contributed by atoms with van der Waals surface area (Å²) in [6.07, 6.45) is 1.07. The van der Waals surface area contributed by atoms with Crippen LogP contribution in [0.25, 0.3) is 10.9 Å². The van der Waals surface area contributed by atoms with Crippen LogP contribution in [0.2, 0.25) is 0 Å². The number of carboxylic acid groups (broad SMARTS) is 2. The molecule has 9 N–H and O–H groups in total. The maximum atomic E-state index is 12.5. The first-order chi connectivity index (χ1) is 16.5. The zero-order valence-corrected chi connectivity index (χ0v) is 19.0. The minimum atomic E-state index is -1.52. The molecule has 0 saturated heterocycles. The van der Waals surface area contributed by atoms with E-state index < -0.39 is 66.9 Å². The Labute approximate surface area is 200 Å². The van der Waals surface area contributed by atoms with Gasteiger partial charge in [-0.05, 0) is 31.4 Å². The molecule has 0 aliphatic rings. The molecule has 4 unspecified atom stereocenters. The van der Waals surface area contributed by atoms with Crippen molar-refractivity contribution in [3.63, 3.8) is 0 Å². The first-order valence-electron chi connectivity index (χ1n) is 10.8. The number of aromatic amines is 1. The summed E-state index contributed by atoms with van der Waals surface area (Å²) in [5.74, 6) is -5.16. The molecule has 0 bridgehead atoms. The number of carbonyl (C=O) groups excluding carboxylic acids is 3. The molecule has 3 amide bonds. The standard InChI is InChI=1S/C22H29N5O8/c1-11(25-20(32)14(23)8-12-9-24-15-5-3-2-4-13(12)15)19(31)27-17(10-28)21(33)26-16(22(34)35)6-7-18(29)30/h2-5,9,11,14,16-17,24,28H,6-8,10,23H2,1H3,(H,25,32)(H,26,33)(H,27,31)(H,29,30)(H,34,35). The van der Waals surface area contributed by atoms with E-state index in [0.717, 1.165) is 16.5 Å². The lowest BCUT2D eigenvalue weighted by Gasteiger charge is -2.22. The summed E-state index contributed by atoms with van der Waals surface area (Å²) >= 11 is 0. The topological polar surface area (TPSA) is 224 Å². The molecule has 35 heavy (non-hydrogen) atoms. The van der Waals surface area contributed by atoms with Crippen molar-refractivity contribution in [1.29, 1.82) is 0 Å². The average Bonchev–Trinajstić information content (AvgIpc) is 3.22. The van der Waals surface area contributed by atoms with E-state index in [2.05, 4.69) is 20.9 Å². The average molecular weight is 492 g/mol. The zero-order valence-electron chi connectivity index (χ0n) is 19.0. The summed E-state index contributed by atoms with van der Waals surface area (Å²) < 4.78 is 0. The summed E-state index contributed by atoms with van der Waals surface area (Å²) in [7, 11) is 0. The summed E-state index contributed by atoms with van der Waals surface area (Å²) in [5, 5.41) is 35.0. The van der Waals surface area contributed by atoms with Crippen LogP contribution in [-0.2, 0) is 30.4 Å². The molecule has 13 nitrogen and oxygen atoms in total. The summed E-state index contributed by atoms with van der Waals surface area (Å²) in [4.78, 5) is 62.2. The number of para-hydroxylation sites is 1. The van der Waals surface area contributed by atoms with Gasteiger partial charge in [-0.3, -0.25) is 19.2 Å². The van der Waals surface area contributed by atoms with Gasteiger partial charge in [0.25, 0.3) is 0 Å². The number of amides is 3. The minimum absolute atomic E-state index is 0.207. The maximum Gasteiger partial charge on any atom is 0.326 e. The summed E-state index contributed by atoms with van der Waals surface area (Å²) in [5.41, 5.74) is 7.72. The van der Waals surface area contributed by atoms with E-state index >= 15 is 0 Å². The van der Waals surface area contributed by atoms with Crippen molar-refractivity contribution >= 4 is 40.6 Å². The van der Waals surface area contributed by atoms with Crippen molar-refractivity contribution in [3.8, 4) is 0 Å². The van der Waals surface area contributed by atoms with Crippen molar-refractivity contribution in [1.82, 2.24) is 20.9 Å². The normalized spacial score (nSPS) is 14.4. The zero-order chi connectivity index (χ0) is 26.1. The van der Waals surface area contributed by atoms with Gasteiger partial charge in [-0.15, -0.1) is 0 Å². The first-order valence-corrected chi connectivity index (χ1v) is 10.8. The molecule has 2 aromatic rings. The molecular weight excluding hydrogens is 462 g/mol. The Bertz CT molecular complexity index is 1080. The molecule has 1 aromatic heterocycles. The van der Waals surface area contributed by atoms with E-state index in [1.165, 1.54) is 6.92 Å². The van der Waals surface area contributed by atoms with Gasteiger partial charge >= 0.3 is 11.9 Å². The van der Waals surface area contributed by atoms with Gasteiger partial charge in [0, 0.05) is 23.5 Å². The number of hydrogen-bond donors (Lipinski definition) is 8. The quantitative estimate of drug-likeness (QED) is 0.162. The second-order valence-electron chi connectivity index (χ2n) is 7.98. The molecule has 0 spiro atoms. The number of carbonyl (C=O) groups is 5. The Morgan fingerprint density at radius 3 is 2.26 bits per heavy atom. The van der Waals surface area contributed by atoms with Gasteiger partial charge in [0.2, 0.25) is 17.7 Å². The van der Waals surface area contributed by atoms with Gasteiger partial charge in [-0.1, -0.05) is 18.2 Å². The largest absolute Gasteiger partial charge is 0.481 e. The Hall–Kier alpha value is -3.97. The lowest BCUT2D eigenvalue weighted by atomic mass is 10.0. The van der Waals surface area contributed by atoms with Crippen LogP contribution in [-0.4, -0.2) is 80.7 Å². The number of benzene rings is 1. The monoisotopic (exact) mass is 491 g/mol. The lowest BCUT2D eigenvalue weighted by molar-refractivity contribution is -0.143. The molecule has 4 atom stereocenters. The fourth-order valence-corrected chi connectivity index (χ4v) is 3.30. The Morgan fingerprint density at radius 2 is 1.63 bits per heavy atom. The van der Waals surface area contributed by atoms with Crippen LogP contribution in [0.15, 0.2) is 30.5 Å². The first kappa shape index (κ1) is 27.3. The molecule has 0 radical (unpaired) electrons. The van der Waals surface area contributed by atoms with Gasteiger partial charge < -0.3 is 42.0 Å². The SMILES string of the molecule is CC(NC(=O)C(N)Cc1c[nH]c2ccccc12)C(=O)NC(CO)C(=O)NC(CCC(=O)O)C(=O)O. The highest BCUT2D eigenvalue weighted by Crippen LogP contribution is 2.18. The van der Waals surface area contributed by atoms with E-state index in [1.54, 1.807) is 6.20 Å². The van der Waals surface area contributed by atoms with Crippen LogP contribution in [0, 0.1) is 0 Å². The molecule has 1 heterocycles. The highest BCUT2D eigenvalue weighted by molar-refractivity contribution is 5.94. The van der Waals surface area contributed by atoms with Crippen molar-refractivity contribution in [2.45, 2.75) is 50.4 Å². The summed E-state index contributed by atoms with van der Waals surface area (Å²) in [6, 6.07) is 2.36. The van der Waals surface area contributed by atoms with Crippen LogP contribution in [0.1, 0.15) is 25.3 Å². The van der Waals surface area contributed by atoms with E-state index in [4.69, 9.17) is 15.9 Å². The smallest absolute Gasteiger partial charge is 0.326 e. The van der Waals surface area contributed by atoms with Gasteiger partial charge in [-0.25, -0.2) is 4.79 Å². The predicted octanol–water partition coefficient (Wildman–Crippen LogP) is -1.55. The van der Waals surface area contributed by atoms with E-state index in [9.17, 15) is 29.1 Å². The number of nitrogens with two attached hydrogens (primary N) is 1. The number of rotatable bonds is 13. The van der Waals surface area contributed by atoms with E-state index in [1.807, 2.05) is 24.3 Å². The summed E-state index contributed by atoms with van der Waals surface area (Å²) in [6.45, 7) is 0.495. The fraction of sp³-hybridized carbons (Fsp3) is 0.409. The Morgan fingerprint density at radius 1 is 0.971 bits per heavy atom. The van der Waals surface area contributed by atoms with Gasteiger partial charge in [-0.2, -0.15) is 0 Å². The highest BCUT2D eigenvalue weighted by Gasteiger charge is 2.28. The van der Waals surface area contributed by atoms with Crippen LogP contribution < -0.4 is 21.7 Å². The number of hydrogen-bond acceptors (Lipinski definition) is 7. The number of aliphatic carboxylic acids is 2. The number of carboxylic acids is 2. The molecule has 0 aliphatic carbocycles. The molecule has 13 heteroatoms. The molecule has 0 fully saturated rings. The number of aliphatic hydroxyl groups excluding tert-OH is 1. The van der Waals surface area contributed by atoms with E-state index in [0.29, 0.717) is 0 Å². The molecule has 190 valence electrons. The van der Waals surface area contributed by atoms with Crippen LogP contribution >= 0.6 is 0 Å². The number of nitrogens with one attached hydrogen (secondary N) is 4. The van der Waals surface area contributed by atoms with Crippen molar-refractivity contribution in [3.05, 3.63) is 36.0 Å². The molecule has 1 aromatic carbocycles. The van der Waals surface area contributed by atoms with Crippen LogP contribution in [0.4, 0.5) is 0 Å². The number of aromatic nitrogens is 1. The van der Waals surface area contributed by atoms with Gasteiger partial charge in [0.15, 0.2) is 0 Å². The Kier molecular flexibility index (Phi) is 9.73. The number of fused-ring (bicyclic) bond motifs is 1. The van der Waals surface area contributed by atoms with Crippen LogP contribution in [0.5, 0.6) is 0 Å². The second-order valence-corrected chi connectivity index (χ2v) is 7.98. The van der Waals surface area contributed by atoms with Crippen LogP contribution in [0.3, 0.4) is 0 Å². The van der Waals surface area contributed by atoms with Gasteiger partial charge in [0.05, 0.1) is 12.6 Å². The minimum Gasteiger partial charge on any atom is -0.481 e. The number of H-pyrrole nitrogens is 1. The molecule has 0 saturated carbocycles. The van der Waals surface area contributed by atoms with Crippen molar-refractivity contribution in [2.75, 3.05) is 6.61 Å². The third kappa shape index (κ3) is 7.79. The third-order valence-electron chi connectivity index (χ3n) is 5.28. The Balaban J connectivity index is 1.91. The van der Waals surface area contributed by atoms with Crippen molar-refractivity contribution in [2.24, 2.45) is 5.73 Å². The lowest BCUT2D eigenvalue weighted by Crippen LogP contribution is -2.57. The molecule has 2 rings (SSSR count). The fourth-order valence-electron chi connectivity index (χ4n) is 3.30. The highest BCUT2D eigenvalue weighted by atomic mass is 16.4. The third-order valence-corrected chi connectivity index (χ3v) is 5.28. The molecule has 0 aliphatic heterocycles. The predicted molar refractivity (Wildman–Crippen MR) is 123 cm³/mol. The maximum absolute atomic E-state index is 12.5. The second kappa shape index (κ2) is 12.5. The van der Waals surface area contributed by atoms with Gasteiger partial charge in [0.1, 0.15) is 18.1 Å². The molecular formula is C22H29N5O8.